The zero-order valence-corrected chi connectivity index (χ0v) is 10.7. The van der Waals surface area contributed by atoms with Gasteiger partial charge in [-0.3, -0.25) is 4.90 Å². The summed E-state index contributed by atoms with van der Waals surface area (Å²) in [6, 6.07) is 14.4. The molecule has 1 aromatic carbocycles. The van der Waals surface area contributed by atoms with Gasteiger partial charge in [-0.1, -0.05) is 43.3 Å². The van der Waals surface area contributed by atoms with Crippen LogP contribution >= 0.6 is 0 Å². The Morgan fingerprint density at radius 1 is 1.00 bits per heavy atom. The van der Waals surface area contributed by atoms with Crippen molar-refractivity contribution < 1.29 is 0 Å². The Morgan fingerprint density at radius 3 is 2.33 bits per heavy atom. The van der Waals surface area contributed by atoms with Crippen LogP contribution in [0.3, 0.4) is 0 Å². The fraction of sp³-hybridized carbons (Fsp3) is 0.267. The first kappa shape index (κ1) is 12.6. The third-order valence-corrected chi connectivity index (χ3v) is 2.95. The lowest BCUT2D eigenvalue weighted by molar-refractivity contribution is 0.271. The lowest BCUT2D eigenvalue weighted by Gasteiger charge is -2.20. The number of pyridine rings is 1. The number of benzene rings is 1. The van der Waals surface area contributed by atoms with Gasteiger partial charge in [-0.2, -0.15) is 0 Å². The molecule has 0 unspecified atom stereocenters. The average Bonchev–Trinajstić information content (AvgIpc) is 2.41. The Bertz CT molecular complexity index is 465. The quantitative estimate of drug-likeness (QED) is 0.875. The third kappa shape index (κ3) is 3.57. The van der Waals surface area contributed by atoms with Crippen molar-refractivity contribution in [1.82, 2.24) is 9.88 Å². The van der Waals surface area contributed by atoms with Crippen molar-refractivity contribution in [2.24, 2.45) is 0 Å². The number of nitrogens with two attached hydrogens (primary N) is 1. The van der Waals surface area contributed by atoms with Crippen molar-refractivity contribution in [3.8, 4) is 0 Å². The third-order valence-electron chi connectivity index (χ3n) is 2.95. The van der Waals surface area contributed by atoms with Crippen molar-refractivity contribution in [1.29, 1.82) is 0 Å². The van der Waals surface area contributed by atoms with Gasteiger partial charge in [0.05, 0.1) is 0 Å². The van der Waals surface area contributed by atoms with Crippen LogP contribution in [0.1, 0.15) is 18.1 Å². The minimum atomic E-state index is 0.574. The predicted molar refractivity (Wildman–Crippen MR) is 74.9 cm³/mol. The minimum absolute atomic E-state index is 0.574. The molecule has 2 aromatic rings. The lowest BCUT2D eigenvalue weighted by Crippen LogP contribution is -2.22. The molecule has 3 heteroatoms. The maximum atomic E-state index is 5.59. The highest BCUT2D eigenvalue weighted by molar-refractivity contribution is 5.29. The molecule has 1 heterocycles. The Balaban J connectivity index is 1.99. The van der Waals surface area contributed by atoms with Gasteiger partial charge in [0, 0.05) is 19.3 Å². The molecule has 0 aliphatic heterocycles. The summed E-state index contributed by atoms with van der Waals surface area (Å²) in [4.78, 5) is 6.50. The number of nitrogens with zero attached hydrogens (tertiary/aromatic N) is 2. The molecule has 0 bridgehead atoms. The summed E-state index contributed by atoms with van der Waals surface area (Å²) >= 11 is 0. The molecule has 0 aliphatic rings. The first-order valence-corrected chi connectivity index (χ1v) is 6.24. The van der Waals surface area contributed by atoms with E-state index in [4.69, 9.17) is 5.73 Å². The maximum Gasteiger partial charge on any atom is 0.123 e. The van der Waals surface area contributed by atoms with Crippen LogP contribution in [0.5, 0.6) is 0 Å². The summed E-state index contributed by atoms with van der Waals surface area (Å²) in [5.74, 6) is 0.574. The molecular formula is C15H19N3. The Kier molecular flexibility index (Phi) is 4.31. The average molecular weight is 241 g/mol. The highest BCUT2D eigenvalue weighted by atomic mass is 15.1. The van der Waals surface area contributed by atoms with Crippen molar-refractivity contribution in [2.75, 3.05) is 12.3 Å². The van der Waals surface area contributed by atoms with Crippen LogP contribution in [0.4, 0.5) is 5.82 Å². The molecule has 0 saturated carbocycles. The molecule has 94 valence electrons. The van der Waals surface area contributed by atoms with Gasteiger partial charge in [-0.15, -0.1) is 0 Å². The SMILES string of the molecule is CCN(Cc1ccccc1)Cc1ccc(N)nc1. The summed E-state index contributed by atoms with van der Waals surface area (Å²) < 4.78 is 0. The maximum absolute atomic E-state index is 5.59. The van der Waals surface area contributed by atoms with E-state index < -0.39 is 0 Å². The molecule has 0 spiro atoms. The zero-order chi connectivity index (χ0) is 12.8. The molecule has 18 heavy (non-hydrogen) atoms. The Labute approximate surface area is 108 Å². The van der Waals surface area contributed by atoms with Gasteiger partial charge in [-0.05, 0) is 23.7 Å². The zero-order valence-electron chi connectivity index (χ0n) is 10.7. The largest absolute Gasteiger partial charge is 0.384 e. The Hall–Kier alpha value is -1.87. The van der Waals surface area contributed by atoms with Crippen molar-refractivity contribution >= 4 is 5.82 Å². The summed E-state index contributed by atoms with van der Waals surface area (Å²) in [6.45, 7) is 5.05. The first-order valence-electron chi connectivity index (χ1n) is 6.24. The topological polar surface area (TPSA) is 42.1 Å². The molecule has 2 N–H and O–H groups in total. The van der Waals surface area contributed by atoms with Gasteiger partial charge in [0.1, 0.15) is 5.82 Å². The molecular weight excluding hydrogens is 222 g/mol. The van der Waals surface area contributed by atoms with Crippen molar-refractivity contribution in [2.45, 2.75) is 20.0 Å². The number of rotatable bonds is 5. The second kappa shape index (κ2) is 6.17. The van der Waals surface area contributed by atoms with E-state index in [2.05, 4.69) is 41.1 Å². The number of nitrogen functional groups attached to an aromatic ring is 1. The van der Waals surface area contributed by atoms with Gasteiger partial charge >= 0.3 is 0 Å². The van der Waals surface area contributed by atoms with E-state index in [0.717, 1.165) is 19.6 Å². The summed E-state index contributed by atoms with van der Waals surface area (Å²) in [5, 5.41) is 0. The number of anilines is 1. The summed E-state index contributed by atoms with van der Waals surface area (Å²) in [7, 11) is 0. The van der Waals surface area contributed by atoms with Crippen LogP contribution in [0, 0.1) is 0 Å². The van der Waals surface area contributed by atoms with Crippen LogP contribution in [0.15, 0.2) is 48.7 Å². The van der Waals surface area contributed by atoms with E-state index in [9.17, 15) is 0 Å². The molecule has 2 rings (SSSR count). The second-order valence-corrected chi connectivity index (χ2v) is 4.38. The van der Waals surface area contributed by atoms with Gasteiger partial charge < -0.3 is 5.73 Å². The Morgan fingerprint density at radius 2 is 1.72 bits per heavy atom. The van der Waals surface area contributed by atoms with Gasteiger partial charge in [0.2, 0.25) is 0 Å². The summed E-state index contributed by atoms with van der Waals surface area (Å²) in [6.07, 6.45) is 1.85. The highest BCUT2D eigenvalue weighted by Crippen LogP contribution is 2.09. The van der Waals surface area contributed by atoms with E-state index in [1.807, 2.05) is 24.4 Å². The standard InChI is InChI=1S/C15H19N3/c1-2-18(11-13-6-4-3-5-7-13)12-14-8-9-15(16)17-10-14/h3-10H,2,11-12H2,1H3,(H2,16,17). The predicted octanol–water partition coefficient (Wildman–Crippen LogP) is 2.69. The van der Waals surface area contributed by atoms with Gasteiger partial charge in [0.25, 0.3) is 0 Å². The van der Waals surface area contributed by atoms with E-state index in [1.54, 1.807) is 0 Å². The van der Waals surface area contributed by atoms with Crippen molar-refractivity contribution in [3.05, 3.63) is 59.8 Å². The fourth-order valence-electron chi connectivity index (χ4n) is 1.91. The van der Waals surface area contributed by atoms with Crippen LogP contribution in [-0.2, 0) is 13.1 Å². The van der Waals surface area contributed by atoms with E-state index >= 15 is 0 Å². The van der Waals surface area contributed by atoms with E-state index in [0.29, 0.717) is 5.82 Å². The number of hydrogen-bond acceptors (Lipinski definition) is 3. The van der Waals surface area contributed by atoms with Crippen LogP contribution in [0.25, 0.3) is 0 Å². The van der Waals surface area contributed by atoms with Gasteiger partial charge in [-0.25, -0.2) is 4.98 Å². The normalized spacial score (nSPS) is 10.8. The van der Waals surface area contributed by atoms with Crippen molar-refractivity contribution in [3.63, 3.8) is 0 Å². The molecule has 0 atom stereocenters. The molecule has 0 saturated heterocycles. The van der Waals surface area contributed by atoms with Crippen LogP contribution in [-0.4, -0.2) is 16.4 Å². The summed E-state index contributed by atoms with van der Waals surface area (Å²) in [5.41, 5.74) is 8.12. The van der Waals surface area contributed by atoms with Crippen LogP contribution in [0.2, 0.25) is 0 Å². The minimum Gasteiger partial charge on any atom is -0.384 e. The monoisotopic (exact) mass is 241 g/mol. The highest BCUT2D eigenvalue weighted by Gasteiger charge is 2.04. The van der Waals surface area contributed by atoms with E-state index in [1.165, 1.54) is 11.1 Å². The second-order valence-electron chi connectivity index (χ2n) is 4.38. The number of aromatic nitrogens is 1. The molecule has 0 aliphatic carbocycles. The molecule has 0 amide bonds. The smallest absolute Gasteiger partial charge is 0.123 e. The molecule has 0 fully saturated rings. The number of hydrogen-bond donors (Lipinski definition) is 1. The molecule has 1 aromatic heterocycles. The lowest BCUT2D eigenvalue weighted by atomic mass is 10.2. The van der Waals surface area contributed by atoms with Gasteiger partial charge in [0.15, 0.2) is 0 Å². The van der Waals surface area contributed by atoms with E-state index in [-0.39, 0.29) is 0 Å². The van der Waals surface area contributed by atoms with Crippen LogP contribution < -0.4 is 5.73 Å². The first-order chi connectivity index (χ1) is 8.78. The fourth-order valence-corrected chi connectivity index (χ4v) is 1.91. The molecule has 0 radical (unpaired) electrons. The molecule has 3 nitrogen and oxygen atoms in total.